The highest BCUT2D eigenvalue weighted by molar-refractivity contribution is 7.12. The van der Waals surface area contributed by atoms with Gasteiger partial charge in [-0.2, -0.15) is 0 Å². The van der Waals surface area contributed by atoms with Crippen molar-refractivity contribution in [3.63, 3.8) is 0 Å². The molecule has 2 aliphatic carbocycles. The Morgan fingerprint density at radius 1 is 1.23 bits per heavy atom. The molecular weight excluding hydrogens is 424 g/mol. The molecule has 0 amide bonds. The molecule has 1 aliphatic heterocycles. The van der Waals surface area contributed by atoms with E-state index in [1.807, 2.05) is 12.1 Å². The number of hydrogen-bond donors (Lipinski definition) is 2. The van der Waals surface area contributed by atoms with Crippen molar-refractivity contribution in [2.75, 3.05) is 25.1 Å². The minimum absolute atomic E-state index is 0. The van der Waals surface area contributed by atoms with Crippen molar-refractivity contribution in [3.8, 4) is 5.75 Å². The van der Waals surface area contributed by atoms with Crippen molar-refractivity contribution < 1.29 is 4.74 Å². The summed E-state index contributed by atoms with van der Waals surface area (Å²) in [5, 5.41) is 0.825. The SMILES string of the molecule is COc1c(N2CC[C@@H](C3(N)CC3)C2)ccc2c(=O)c3c(=O)[nH]sc3n(C3CC3)c12.Cl. The van der Waals surface area contributed by atoms with Crippen molar-refractivity contribution in [2.24, 2.45) is 11.7 Å². The zero-order valence-corrected chi connectivity index (χ0v) is 18.4. The summed E-state index contributed by atoms with van der Waals surface area (Å²) < 4.78 is 10.8. The molecule has 3 heterocycles. The maximum atomic E-state index is 13.1. The third-order valence-electron chi connectivity index (χ3n) is 7.01. The molecule has 0 spiro atoms. The number of aromatic nitrogens is 2. The van der Waals surface area contributed by atoms with Gasteiger partial charge >= 0.3 is 0 Å². The van der Waals surface area contributed by atoms with E-state index in [9.17, 15) is 9.59 Å². The van der Waals surface area contributed by atoms with Gasteiger partial charge in [-0.05, 0) is 61.7 Å². The molecule has 9 heteroatoms. The van der Waals surface area contributed by atoms with E-state index in [0.717, 1.165) is 67.0 Å². The van der Waals surface area contributed by atoms with Crippen LogP contribution >= 0.6 is 23.9 Å². The molecule has 0 unspecified atom stereocenters. The summed E-state index contributed by atoms with van der Waals surface area (Å²) in [5.41, 5.74) is 7.81. The second-order valence-corrected chi connectivity index (χ2v) is 9.62. The highest BCUT2D eigenvalue weighted by Crippen LogP contribution is 2.48. The summed E-state index contributed by atoms with van der Waals surface area (Å²) in [7, 11) is 1.67. The van der Waals surface area contributed by atoms with Gasteiger partial charge in [-0.1, -0.05) is 0 Å². The van der Waals surface area contributed by atoms with Crippen molar-refractivity contribution in [2.45, 2.75) is 43.7 Å². The minimum atomic E-state index is -0.297. The van der Waals surface area contributed by atoms with E-state index < -0.39 is 0 Å². The fourth-order valence-electron chi connectivity index (χ4n) is 5.02. The number of aromatic amines is 1. The molecule has 2 aromatic heterocycles. The first kappa shape index (κ1) is 19.9. The van der Waals surface area contributed by atoms with E-state index in [1.165, 1.54) is 11.5 Å². The predicted molar refractivity (Wildman–Crippen MR) is 123 cm³/mol. The second kappa shape index (κ2) is 6.73. The van der Waals surface area contributed by atoms with Crippen LogP contribution in [0.3, 0.4) is 0 Å². The van der Waals surface area contributed by atoms with Crippen LogP contribution in [0.5, 0.6) is 5.75 Å². The van der Waals surface area contributed by atoms with E-state index >= 15 is 0 Å². The molecule has 3 fully saturated rings. The van der Waals surface area contributed by atoms with Gasteiger partial charge in [0.15, 0.2) is 5.75 Å². The van der Waals surface area contributed by atoms with Crippen LogP contribution in [0.4, 0.5) is 5.69 Å². The van der Waals surface area contributed by atoms with Crippen LogP contribution < -0.4 is 26.4 Å². The molecule has 6 rings (SSSR count). The van der Waals surface area contributed by atoms with Gasteiger partial charge in [0.2, 0.25) is 5.43 Å². The second-order valence-electron chi connectivity index (χ2n) is 8.82. The lowest BCUT2D eigenvalue weighted by molar-refractivity contribution is 0.416. The van der Waals surface area contributed by atoms with E-state index in [2.05, 4.69) is 13.8 Å². The number of anilines is 1. The van der Waals surface area contributed by atoms with Crippen LogP contribution in [0, 0.1) is 5.92 Å². The molecule has 7 nitrogen and oxygen atoms in total. The van der Waals surface area contributed by atoms with Gasteiger partial charge in [-0.3, -0.25) is 14.0 Å². The summed E-state index contributed by atoms with van der Waals surface area (Å²) in [6.45, 7) is 1.87. The largest absolute Gasteiger partial charge is 0.492 e. The Kier molecular flexibility index (Phi) is 4.47. The molecule has 1 saturated heterocycles. The molecule has 3 aliphatic rings. The molecule has 1 aromatic carbocycles. The average Bonchev–Trinajstić information content (AvgIpc) is 3.60. The molecule has 160 valence electrons. The smallest absolute Gasteiger partial charge is 0.271 e. The number of pyridine rings is 1. The topological polar surface area (TPSA) is 93.3 Å². The Bertz CT molecular complexity index is 1270. The highest BCUT2D eigenvalue weighted by atomic mass is 35.5. The third-order valence-corrected chi connectivity index (χ3v) is 7.89. The Morgan fingerprint density at radius 2 is 2.00 bits per heavy atom. The minimum Gasteiger partial charge on any atom is -0.492 e. The Labute approximate surface area is 183 Å². The van der Waals surface area contributed by atoms with Crippen molar-refractivity contribution >= 4 is 50.7 Å². The zero-order valence-electron chi connectivity index (χ0n) is 16.8. The molecule has 3 N–H and O–H groups in total. The normalized spacial score (nSPS) is 22.5. The zero-order chi connectivity index (χ0) is 19.9. The van der Waals surface area contributed by atoms with Gasteiger partial charge in [-0.25, -0.2) is 0 Å². The van der Waals surface area contributed by atoms with Gasteiger partial charge in [0.1, 0.15) is 10.2 Å². The third kappa shape index (κ3) is 2.73. The van der Waals surface area contributed by atoms with Gasteiger partial charge in [0, 0.05) is 24.7 Å². The number of nitrogens with one attached hydrogen (secondary N) is 1. The lowest BCUT2D eigenvalue weighted by atomic mass is 9.97. The van der Waals surface area contributed by atoms with Crippen LogP contribution in [-0.2, 0) is 0 Å². The predicted octanol–water partition coefficient (Wildman–Crippen LogP) is 2.99. The maximum absolute atomic E-state index is 13.1. The number of H-pyrrole nitrogens is 1. The first-order valence-electron chi connectivity index (χ1n) is 10.3. The first-order chi connectivity index (χ1) is 14.0. The molecule has 1 atom stereocenters. The van der Waals surface area contributed by atoms with Gasteiger partial charge in [0.25, 0.3) is 5.56 Å². The number of methoxy groups -OCH3 is 1. The monoisotopic (exact) mass is 448 g/mol. The summed E-state index contributed by atoms with van der Waals surface area (Å²) >= 11 is 1.25. The number of nitrogens with zero attached hydrogens (tertiary/aromatic N) is 2. The maximum Gasteiger partial charge on any atom is 0.271 e. The highest BCUT2D eigenvalue weighted by Gasteiger charge is 2.48. The van der Waals surface area contributed by atoms with Crippen LogP contribution in [-0.4, -0.2) is 34.7 Å². The van der Waals surface area contributed by atoms with Crippen LogP contribution in [0.15, 0.2) is 21.7 Å². The molecular formula is C21H25ClN4O3S. The first-order valence-corrected chi connectivity index (χ1v) is 11.1. The molecule has 30 heavy (non-hydrogen) atoms. The number of halogens is 1. The van der Waals surface area contributed by atoms with E-state index in [0.29, 0.717) is 17.3 Å². The van der Waals surface area contributed by atoms with Crippen LogP contribution in [0.1, 0.15) is 38.1 Å². The number of ether oxygens (including phenoxy) is 1. The summed E-state index contributed by atoms with van der Waals surface area (Å²) in [4.78, 5) is 28.5. The summed E-state index contributed by atoms with van der Waals surface area (Å²) in [6.07, 6.45) is 5.42. The Hall–Kier alpha value is -2.03. The Morgan fingerprint density at radius 3 is 2.67 bits per heavy atom. The molecule has 2 saturated carbocycles. The van der Waals surface area contributed by atoms with E-state index in [-0.39, 0.29) is 34.3 Å². The number of hydrogen-bond acceptors (Lipinski definition) is 6. The quantitative estimate of drug-likeness (QED) is 0.640. The van der Waals surface area contributed by atoms with E-state index in [1.54, 1.807) is 7.11 Å². The number of rotatable bonds is 4. The van der Waals surface area contributed by atoms with Crippen molar-refractivity contribution in [1.82, 2.24) is 8.94 Å². The van der Waals surface area contributed by atoms with Crippen LogP contribution in [0.2, 0.25) is 0 Å². The molecule has 3 aromatic rings. The number of fused-ring (bicyclic) bond motifs is 2. The van der Waals surface area contributed by atoms with Crippen molar-refractivity contribution in [3.05, 3.63) is 32.7 Å². The number of benzene rings is 1. The van der Waals surface area contributed by atoms with Crippen LogP contribution in [0.25, 0.3) is 21.1 Å². The number of nitrogens with two attached hydrogens (primary N) is 1. The fourth-order valence-corrected chi connectivity index (χ4v) is 5.93. The molecule has 0 bridgehead atoms. The van der Waals surface area contributed by atoms with Crippen molar-refractivity contribution in [1.29, 1.82) is 0 Å². The van der Waals surface area contributed by atoms with Gasteiger partial charge in [-0.15, -0.1) is 12.4 Å². The van der Waals surface area contributed by atoms with Gasteiger partial charge < -0.3 is 19.9 Å². The fraction of sp³-hybridized carbons (Fsp3) is 0.524. The van der Waals surface area contributed by atoms with E-state index in [4.69, 9.17) is 10.5 Å². The summed E-state index contributed by atoms with van der Waals surface area (Å²) in [6, 6.07) is 4.15. The lowest BCUT2D eigenvalue weighted by Crippen LogP contribution is -2.34. The molecule has 0 radical (unpaired) electrons. The summed E-state index contributed by atoms with van der Waals surface area (Å²) in [5.74, 6) is 1.24. The van der Waals surface area contributed by atoms with Gasteiger partial charge in [0.05, 0.1) is 23.7 Å². The lowest BCUT2D eigenvalue weighted by Gasteiger charge is -2.25. The average molecular weight is 449 g/mol. The Balaban J connectivity index is 0.00000193. The standard InChI is InChI=1S/C21H24N4O3S.ClH/c1-28-18-14(24-9-6-11(10-24)21(22)7-8-21)5-4-13-16(18)25(12-2-3-12)20-15(17(13)26)19(27)23-29-20;/h4-5,11-12H,2-3,6-10,22H2,1H3,(H,23,27);1H/t11-;/m1./s1.